The molecular weight excluding hydrogens is 252 g/mol. The minimum absolute atomic E-state index is 0.419. The summed E-state index contributed by atoms with van der Waals surface area (Å²) in [6.07, 6.45) is 2.22. The molecule has 0 aliphatic carbocycles. The Hall–Kier alpha value is -1.85. The first-order valence-electron chi connectivity index (χ1n) is 5.48. The van der Waals surface area contributed by atoms with Crippen LogP contribution in [0.5, 0.6) is 11.6 Å². The highest BCUT2D eigenvalue weighted by molar-refractivity contribution is 6.31. The Bertz CT molecular complexity index is 547. The van der Waals surface area contributed by atoms with Gasteiger partial charge in [0.15, 0.2) is 0 Å². The Kier molecular flexibility index (Phi) is 3.96. The lowest BCUT2D eigenvalue weighted by Crippen LogP contribution is -2.08. The van der Waals surface area contributed by atoms with Gasteiger partial charge in [-0.2, -0.15) is 0 Å². The first-order valence-corrected chi connectivity index (χ1v) is 5.85. The van der Waals surface area contributed by atoms with Crippen molar-refractivity contribution in [1.29, 1.82) is 0 Å². The first-order chi connectivity index (χ1) is 8.72. The Morgan fingerprint density at radius 3 is 2.89 bits per heavy atom. The van der Waals surface area contributed by atoms with Crippen LogP contribution >= 0.6 is 11.6 Å². The van der Waals surface area contributed by atoms with E-state index < -0.39 is 0 Å². The van der Waals surface area contributed by atoms with Crippen molar-refractivity contribution < 1.29 is 4.74 Å². The minimum atomic E-state index is 0.419. The second-order valence-corrected chi connectivity index (χ2v) is 4.00. The van der Waals surface area contributed by atoms with E-state index in [1.54, 1.807) is 18.2 Å². The lowest BCUT2D eigenvalue weighted by molar-refractivity contribution is 0.461. The maximum atomic E-state index is 6.04. The molecule has 1 aromatic carbocycles. The molecule has 6 heteroatoms. The van der Waals surface area contributed by atoms with Crippen LogP contribution in [0.1, 0.15) is 12.5 Å². The summed E-state index contributed by atoms with van der Waals surface area (Å²) in [5.74, 6) is 6.85. The molecule has 18 heavy (non-hydrogen) atoms. The van der Waals surface area contributed by atoms with Crippen molar-refractivity contribution in [2.24, 2.45) is 5.84 Å². The number of hydrazine groups is 1. The number of hydrogen-bond acceptors (Lipinski definition) is 5. The zero-order chi connectivity index (χ0) is 13.0. The van der Waals surface area contributed by atoms with Crippen molar-refractivity contribution in [1.82, 2.24) is 9.97 Å². The van der Waals surface area contributed by atoms with E-state index in [4.69, 9.17) is 22.2 Å². The zero-order valence-corrected chi connectivity index (χ0v) is 10.6. The van der Waals surface area contributed by atoms with Crippen LogP contribution in [0.25, 0.3) is 0 Å². The van der Waals surface area contributed by atoms with Crippen LogP contribution in [0.15, 0.2) is 30.6 Å². The molecule has 2 aromatic rings. The molecule has 1 heterocycles. The summed E-state index contributed by atoms with van der Waals surface area (Å²) in [6.45, 7) is 2.03. The SMILES string of the molecule is CCc1cc(Oc2cc(NN)ncn2)ccc1Cl. The van der Waals surface area contributed by atoms with E-state index in [0.29, 0.717) is 17.4 Å². The van der Waals surface area contributed by atoms with Gasteiger partial charge in [-0.15, -0.1) is 0 Å². The molecule has 1 aromatic heterocycles. The fourth-order valence-electron chi connectivity index (χ4n) is 1.48. The summed E-state index contributed by atoms with van der Waals surface area (Å²) in [7, 11) is 0. The Balaban J connectivity index is 2.22. The lowest BCUT2D eigenvalue weighted by Gasteiger charge is -2.08. The monoisotopic (exact) mass is 264 g/mol. The van der Waals surface area contributed by atoms with E-state index in [0.717, 1.165) is 17.0 Å². The van der Waals surface area contributed by atoms with Crippen LogP contribution < -0.4 is 16.0 Å². The summed E-state index contributed by atoms with van der Waals surface area (Å²) < 4.78 is 5.61. The molecule has 0 radical (unpaired) electrons. The van der Waals surface area contributed by atoms with Crippen LogP contribution in [-0.2, 0) is 6.42 Å². The van der Waals surface area contributed by atoms with Gasteiger partial charge < -0.3 is 10.2 Å². The van der Waals surface area contributed by atoms with Crippen LogP contribution in [0.2, 0.25) is 5.02 Å². The van der Waals surface area contributed by atoms with Gasteiger partial charge in [-0.3, -0.25) is 0 Å². The van der Waals surface area contributed by atoms with E-state index in [1.165, 1.54) is 6.33 Å². The average Bonchev–Trinajstić information content (AvgIpc) is 2.41. The fourth-order valence-corrected chi connectivity index (χ4v) is 1.73. The quantitative estimate of drug-likeness (QED) is 0.656. The molecule has 0 spiro atoms. The average molecular weight is 265 g/mol. The number of nitrogens with one attached hydrogen (secondary N) is 1. The largest absolute Gasteiger partial charge is 0.439 e. The van der Waals surface area contributed by atoms with Gasteiger partial charge in [-0.05, 0) is 30.2 Å². The molecule has 0 amide bonds. The maximum Gasteiger partial charge on any atom is 0.224 e. The molecule has 0 unspecified atom stereocenters. The Morgan fingerprint density at radius 2 is 2.17 bits per heavy atom. The minimum Gasteiger partial charge on any atom is -0.439 e. The van der Waals surface area contributed by atoms with Gasteiger partial charge in [0.2, 0.25) is 5.88 Å². The number of benzene rings is 1. The number of hydrogen-bond donors (Lipinski definition) is 2. The molecule has 0 fully saturated rings. The molecule has 94 valence electrons. The van der Waals surface area contributed by atoms with Crippen molar-refractivity contribution in [3.63, 3.8) is 0 Å². The number of nitrogen functional groups attached to an aromatic ring is 1. The summed E-state index contributed by atoms with van der Waals surface area (Å²) in [5.41, 5.74) is 3.46. The molecule has 0 bridgehead atoms. The highest BCUT2D eigenvalue weighted by Gasteiger charge is 2.04. The third-order valence-electron chi connectivity index (χ3n) is 2.41. The van der Waals surface area contributed by atoms with Crippen LogP contribution in [-0.4, -0.2) is 9.97 Å². The smallest absolute Gasteiger partial charge is 0.224 e. The van der Waals surface area contributed by atoms with Gasteiger partial charge >= 0.3 is 0 Å². The number of halogens is 1. The van der Waals surface area contributed by atoms with Crippen LogP contribution in [0, 0.1) is 0 Å². The molecule has 0 aliphatic rings. The number of aromatic nitrogens is 2. The number of nitrogens with zero attached hydrogens (tertiary/aromatic N) is 2. The number of anilines is 1. The van der Waals surface area contributed by atoms with E-state index in [2.05, 4.69) is 15.4 Å². The van der Waals surface area contributed by atoms with Crippen molar-refractivity contribution in [3.05, 3.63) is 41.2 Å². The van der Waals surface area contributed by atoms with Crippen molar-refractivity contribution in [2.75, 3.05) is 5.43 Å². The Labute approximate surface area is 110 Å². The first kappa shape index (κ1) is 12.6. The summed E-state index contributed by atoms with van der Waals surface area (Å²) in [6, 6.07) is 7.10. The van der Waals surface area contributed by atoms with Crippen molar-refractivity contribution >= 4 is 17.4 Å². The Morgan fingerprint density at radius 1 is 1.33 bits per heavy atom. The molecule has 5 nitrogen and oxygen atoms in total. The second-order valence-electron chi connectivity index (χ2n) is 3.59. The summed E-state index contributed by atoms with van der Waals surface area (Å²) in [4.78, 5) is 7.90. The van der Waals surface area contributed by atoms with Gasteiger partial charge in [-0.1, -0.05) is 18.5 Å². The topological polar surface area (TPSA) is 73.1 Å². The molecule has 0 saturated heterocycles. The predicted molar refractivity (Wildman–Crippen MR) is 70.7 cm³/mol. The molecule has 3 N–H and O–H groups in total. The lowest BCUT2D eigenvalue weighted by atomic mass is 10.1. The zero-order valence-electron chi connectivity index (χ0n) is 9.85. The van der Waals surface area contributed by atoms with Crippen LogP contribution in [0.3, 0.4) is 0 Å². The predicted octanol–water partition coefficient (Wildman–Crippen LogP) is 2.77. The number of rotatable bonds is 4. The number of ether oxygens (including phenoxy) is 1. The second kappa shape index (κ2) is 5.66. The molecule has 0 atom stereocenters. The van der Waals surface area contributed by atoms with Crippen LogP contribution in [0.4, 0.5) is 5.82 Å². The van der Waals surface area contributed by atoms with Gasteiger partial charge in [0.1, 0.15) is 17.9 Å². The number of nitrogens with two attached hydrogens (primary N) is 1. The third-order valence-corrected chi connectivity index (χ3v) is 2.78. The molecule has 2 rings (SSSR count). The summed E-state index contributed by atoms with van der Waals surface area (Å²) in [5, 5.41) is 0.733. The van der Waals surface area contributed by atoms with Gasteiger partial charge in [0, 0.05) is 11.1 Å². The van der Waals surface area contributed by atoms with Crippen molar-refractivity contribution in [2.45, 2.75) is 13.3 Å². The highest BCUT2D eigenvalue weighted by Crippen LogP contribution is 2.26. The van der Waals surface area contributed by atoms with E-state index in [-0.39, 0.29) is 0 Å². The fraction of sp³-hybridized carbons (Fsp3) is 0.167. The maximum absolute atomic E-state index is 6.04. The van der Waals surface area contributed by atoms with Crippen molar-refractivity contribution in [3.8, 4) is 11.6 Å². The van der Waals surface area contributed by atoms with Gasteiger partial charge in [0.25, 0.3) is 0 Å². The standard InChI is InChI=1S/C12H13ClN4O/c1-2-8-5-9(3-4-10(8)13)18-12-6-11(17-14)15-7-16-12/h3-7H,2,14H2,1H3,(H,15,16,17). The summed E-state index contributed by atoms with van der Waals surface area (Å²) >= 11 is 6.04. The van der Waals surface area contributed by atoms with E-state index >= 15 is 0 Å². The van der Waals surface area contributed by atoms with E-state index in [1.807, 2.05) is 13.0 Å². The number of aryl methyl sites for hydroxylation is 1. The molecular formula is C12H13ClN4O. The molecule has 0 aliphatic heterocycles. The van der Waals surface area contributed by atoms with Gasteiger partial charge in [-0.25, -0.2) is 15.8 Å². The molecule has 0 saturated carbocycles. The third kappa shape index (κ3) is 2.88. The normalized spacial score (nSPS) is 10.2. The van der Waals surface area contributed by atoms with E-state index in [9.17, 15) is 0 Å². The highest BCUT2D eigenvalue weighted by atomic mass is 35.5. The van der Waals surface area contributed by atoms with Gasteiger partial charge in [0.05, 0.1) is 0 Å².